The number of Topliss-reactive ketones (excluding diaryl/α,β-unsaturated/α-hetero) is 2. The van der Waals surface area contributed by atoms with Crippen molar-refractivity contribution in [1.29, 1.82) is 0 Å². The quantitative estimate of drug-likeness (QED) is 0.451. The van der Waals surface area contributed by atoms with Crippen LogP contribution in [0, 0.1) is 28.1 Å². The van der Waals surface area contributed by atoms with E-state index in [1.807, 2.05) is 26.0 Å². The Morgan fingerprint density at radius 1 is 1.05 bits per heavy atom. The first-order valence-corrected chi connectivity index (χ1v) is 13.7. The van der Waals surface area contributed by atoms with E-state index in [4.69, 9.17) is 18.6 Å². The maximum Gasteiger partial charge on any atom is 0.303 e. The molecule has 6 rings (SSSR count). The summed E-state index contributed by atoms with van der Waals surface area (Å²) >= 11 is 0. The van der Waals surface area contributed by atoms with Gasteiger partial charge in [0, 0.05) is 55.3 Å². The Balaban J connectivity index is 1.65. The van der Waals surface area contributed by atoms with Crippen LogP contribution in [0.3, 0.4) is 0 Å². The van der Waals surface area contributed by atoms with Gasteiger partial charge in [-0.15, -0.1) is 0 Å². The first kappa shape index (κ1) is 26.4. The molecular formula is C30H36O9. The molecule has 1 N–H and O–H groups in total. The van der Waals surface area contributed by atoms with Gasteiger partial charge in [0.2, 0.25) is 5.79 Å². The summed E-state index contributed by atoms with van der Waals surface area (Å²) in [5.41, 5.74) is -2.72. The lowest BCUT2D eigenvalue weighted by Gasteiger charge is -2.64. The van der Waals surface area contributed by atoms with Gasteiger partial charge in [-0.2, -0.15) is 0 Å². The monoisotopic (exact) mass is 540 g/mol. The second kappa shape index (κ2) is 7.91. The van der Waals surface area contributed by atoms with Crippen LogP contribution in [-0.2, 0) is 33.4 Å². The van der Waals surface area contributed by atoms with Gasteiger partial charge >= 0.3 is 11.9 Å². The number of ketones is 2. The summed E-state index contributed by atoms with van der Waals surface area (Å²) in [5.74, 6) is -5.44. The molecule has 4 aliphatic carbocycles. The van der Waals surface area contributed by atoms with Crippen molar-refractivity contribution in [3.63, 3.8) is 0 Å². The zero-order valence-corrected chi connectivity index (χ0v) is 23.2. The lowest BCUT2D eigenvalue weighted by atomic mass is 9.38. The third-order valence-electron chi connectivity index (χ3n) is 11.0. The van der Waals surface area contributed by atoms with Crippen LogP contribution in [-0.4, -0.2) is 52.2 Å². The Bertz CT molecular complexity index is 1310. The van der Waals surface area contributed by atoms with Crippen molar-refractivity contribution in [2.75, 3.05) is 0 Å². The predicted molar refractivity (Wildman–Crippen MR) is 135 cm³/mol. The number of furan rings is 1. The van der Waals surface area contributed by atoms with Crippen molar-refractivity contribution in [2.24, 2.45) is 28.1 Å². The zero-order chi connectivity index (χ0) is 28.3. The highest BCUT2D eigenvalue weighted by molar-refractivity contribution is 5.95. The molecule has 9 atom stereocenters. The van der Waals surface area contributed by atoms with E-state index < -0.39 is 69.4 Å². The minimum Gasteiger partial charge on any atom is -0.472 e. The number of carbonyl (C=O) groups is 4. The molecule has 1 saturated heterocycles. The van der Waals surface area contributed by atoms with Gasteiger partial charge in [0.05, 0.1) is 23.5 Å². The van der Waals surface area contributed by atoms with E-state index in [1.54, 1.807) is 26.4 Å². The van der Waals surface area contributed by atoms with E-state index in [-0.39, 0.29) is 31.0 Å². The van der Waals surface area contributed by atoms with Crippen LogP contribution in [0.2, 0.25) is 0 Å². The summed E-state index contributed by atoms with van der Waals surface area (Å²) < 4.78 is 23.8. The number of esters is 2. The van der Waals surface area contributed by atoms with Gasteiger partial charge in [-0.25, -0.2) is 0 Å². The molecule has 210 valence electrons. The molecule has 1 aliphatic heterocycles. The van der Waals surface area contributed by atoms with Crippen molar-refractivity contribution in [2.45, 2.75) is 96.7 Å². The second-order valence-electron chi connectivity index (χ2n) is 13.0. The minimum atomic E-state index is -2.16. The van der Waals surface area contributed by atoms with E-state index in [9.17, 15) is 24.3 Å². The van der Waals surface area contributed by atoms with Gasteiger partial charge in [0.15, 0.2) is 5.78 Å². The number of carbonyl (C=O) groups excluding carboxylic acids is 4. The standard InChI is InChI=1S/C30H36O9/c1-15(31)37-23-24-28(6,22(34)13-20-26(3,4)39-30(35)21(33)9-11-29(20,24)30)19-8-7-18(17-10-12-36-14-17)27(19,5)25(23)38-16(2)32/h8,10,12,14,18,20,23-25,35H,7,9,11,13H2,1-6H3/t18-,20-,23+,24-,25-,27-,28+,29+,30+/m0/s1. The summed E-state index contributed by atoms with van der Waals surface area (Å²) in [4.78, 5) is 53.2. The number of ether oxygens (including phenoxy) is 3. The van der Waals surface area contributed by atoms with E-state index in [0.29, 0.717) is 6.42 Å². The molecule has 9 heteroatoms. The highest BCUT2D eigenvalue weighted by Gasteiger charge is 2.84. The Kier molecular flexibility index (Phi) is 5.36. The molecule has 2 heterocycles. The maximum absolute atomic E-state index is 14.5. The molecule has 5 aliphatic rings. The van der Waals surface area contributed by atoms with Crippen molar-refractivity contribution in [3.05, 3.63) is 35.8 Å². The number of fused-ring (bicyclic) bond motifs is 3. The molecule has 1 aromatic rings. The fraction of sp³-hybridized carbons (Fsp3) is 0.667. The Hall–Kier alpha value is -2.78. The summed E-state index contributed by atoms with van der Waals surface area (Å²) in [6, 6.07) is 1.85. The summed E-state index contributed by atoms with van der Waals surface area (Å²) in [7, 11) is 0. The molecule has 0 radical (unpaired) electrons. The topological polar surface area (TPSA) is 129 Å². The van der Waals surface area contributed by atoms with Crippen LogP contribution in [0.15, 0.2) is 34.7 Å². The molecule has 0 aromatic carbocycles. The van der Waals surface area contributed by atoms with Crippen molar-refractivity contribution < 1.29 is 42.9 Å². The molecule has 0 bridgehead atoms. The summed E-state index contributed by atoms with van der Waals surface area (Å²) in [5, 5.41) is 12.1. The van der Waals surface area contributed by atoms with E-state index in [1.165, 1.54) is 13.8 Å². The molecule has 4 fully saturated rings. The first-order chi connectivity index (χ1) is 18.2. The third-order valence-corrected chi connectivity index (χ3v) is 11.0. The van der Waals surface area contributed by atoms with Crippen molar-refractivity contribution in [1.82, 2.24) is 0 Å². The normalized spacial score (nSPS) is 45.6. The molecular weight excluding hydrogens is 504 g/mol. The Labute approximate surface area is 227 Å². The highest BCUT2D eigenvalue weighted by Crippen LogP contribution is 2.77. The smallest absolute Gasteiger partial charge is 0.303 e. The van der Waals surface area contributed by atoms with E-state index >= 15 is 0 Å². The average molecular weight is 541 g/mol. The SMILES string of the molecule is CC(=O)O[C@H]1[C@H](OC(C)=O)[C@]2(C)C(=CC[C@H]2c2ccoc2)[C@]2(C)C(=O)C[C@H]3C(C)(C)O[C@]4(O)C(=O)CC[C@]34[C@@H]12. The van der Waals surface area contributed by atoms with Crippen LogP contribution in [0.4, 0.5) is 0 Å². The van der Waals surface area contributed by atoms with Crippen LogP contribution in [0.25, 0.3) is 0 Å². The molecule has 3 saturated carbocycles. The lowest BCUT2D eigenvalue weighted by molar-refractivity contribution is -0.269. The van der Waals surface area contributed by atoms with Crippen molar-refractivity contribution >= 4 is 23.5 Å². The van der Waals surface area contributed by atoms with Crippen LogP contribution in [0.1, 0.15) is 78.7 Å². The largest absolute Gasteiger partial charge is 0.472 e. The fourth-order valence-corrected chi connectivity index (χ4v) is 9.76. The summed E-state index contributed by atoms with van der Waals surface area (Å²) in [6.07, 6.45) is 4.14. The van der Waals surface area contributed by atoms with Crippen LogP contribution in [0.5, 0.6) is 0 Å². The van der Waals surface area contributed by atoms with Gasteiger partial charge in [0.1, 0.15) is 18.0 Å². The molecule has 0 amide bonds. The summed E-state index contributed by atoms with van der Waals surface area (Å²) in [6.45, 7) is 9.96. The predicted octanol–water partition coefficient (Wildman–Crippen LogP) is 3.63. The van der Waals surface area contributed by atoms with Crippen LogP contribution < -0.4 is 0 Å². The minimum absolute atomic E-state index is 0.0628. The molecule has 1 aromatic heterocycles. The lowest BCUT2D eigenvalue weighted by Crippen LogP contribution is -2.72. The first-order valence-electron chi connectivity index (χ1n) is 13.7. The maximum atomic E-state index is 14.5. The number of hydrogen-bond acceptors (Lipinski definition) is 9. The number of rotatable bonds is 3. The van der Waals surface area contributed by atoms with E-state index in [0.717, 1.165) is 11.1 Å². The fourth-order valence-electron chi connectivity index (χ4n) is 9.76. The van der Waals surface area contributed by atoms with Gasteiger partial charge < -0.3 is 23.7 Å². The molecule has 39 heavy (non-hydrogen) atoms. The van der Waals surface area contributed by atoms with Gasteiger partial charge in [-0.05, 0) is 45.2 Å². The second-order valence-corrected chi connectivity index (χ2v) is 13.0. The average Bonchev–Trinajstić information content (AvgIpc) is 3.56. The van der Waals surface area contributed by atoms with E-state index in [2.05, 4.69) is 0 Å². The number of aliphatic hydroxyl groups is 1. The Morgan fingerprint density at radius 3 is 2.36 bits per heavy atom. The third kappa shape index (κ3) is 2.98. The van der Waals surface area contributed by atoms with Crippen molar-refractivity contribution in [3.8, 4) is 0 Å². The molecule has 9 nitrogen and oxygen atoms in total. The molecule has 0 unspecified atom stereocenters. The number of hydrogen-bond donors (Lipinski definition) is 1. The van der Waals surface area contributed by atoms with Gasteiger partial charge in [0.25, 0.3) is 0 Å². The highest BCUT2D eigenvalue weighted by atomic mass is 16.7. The zero-order valence-electron chi connectivity index (χ0n) is 23.2. The van der Waals surface area contributed by atoms with Crippen LogP contribution >= 0.6 is 0 Å². The Morgan fingerprint density at radius 2 is 1.74 bits per heavy atom. The molecule has 1 spiro atoms. The number of allylic oxidation sites excluding steroid dienone is 1. The van der Waals surface area contributed by atoms with Gasteiger partial charge in [-0.3, -0.25) is 19.2 Å². The van der Waals surface area contributed by atoms with Gasteiger partial charge in [-0.1, -0.05) is 18.6 Å².